The normalized spacial score (nSPS) is 16.2. The summed E-state index contributed by atoms with van der Waals surface area (Å²) in [6.07, 6.45) is 14.3. The third-order valence-electron chi connectivity index (χ3n) is 4.33. The first kappa shape index (κ1) is 19.9. The van der Waals surface area contributed by atoms with Crippen LogP contribution >= 0.6 is 0 Å². The fraction of sp³-hybridized carbons (Fsp3) is 0.320. The van der Waals surface area contributed by atoms with Crippen LogP contribution in [0.3, 0.4) is 0 Å². The molecule has 0 saturated carbocycles. The molecule has 0 atom stereocenters. The maximum atomic E-state index is 12.9. The molecular formula is C25H30O. The van der Waals surface area contributed by atoms with Gasteiger partial charge in [0.15, 0.2) is 5.78 Å². The molecule has 0 fully saturated rings. The number of rotatable bonds is 3. The molecule has 1 aromatic carbocycles. The van der Waals surface area contributed by atoms with Gasteiger partial charge in [0.2, 0.25) is 0 Å². The monoisotopic (exact) mass is 346 g/mol. The van der Waals surface area contributed by atoms with Crippen molar-refractivity contribution < 1.29 is 4.79 Å². The SMILES string of the molecule is CC(C)(C)C1=CC(=C/C=C/C=C/c2ccccc2)C=C(C(C)(C)C)C1=O. The molecule has 0 radical (unpaired) electrons. The Labute approximate surface area is 158 Å². The first-order valence-corrected chi connectivity index (χ1v) is 9.18. The van der Waals surface area contributed by atoms with Crippen LogP contribution in [-0.2, 0) is 4.79 Å². The molecule has 0 saturated heterocycles. The largest absolute Gasteiger partial charge is 0.289 e. The van der Waals surface area contributed by atoms with E-state index in [0.29, 0.717) is 0 Å². The Morgan fingerprint density at radius 2 is 1.27 bits per heavy atom. The van der Waals surface area contributed by atoms with Gasteiger partial charge in [-0.1, -0.05) is 102 Å². The maximum Gasteiger partial charge on any atom is 0.186 e. The minimum Gasteiger partial charge on any atom is -0.289 e. The topological polar surface area (TPSA) is 17.1 Å². The molecule has 1 nitrogen and oxygen atoms in total. The van der Waals surface area contributed by atoms with Gasteiger partial charge in [-0.25, -0.2) is 0 Å². The Morgan fingerprint density at radius 1 is 0.731 bits per heavy atom. The molecule has 2 rings (SSSR count). The Hall–Kier alpha value is -2.41. The summed E-state index contributed by atoms with van der Waals surface area (Å²) in [5, 5.41) is 0. The van der Waals surface area contributed by atoms with Crippen molar-refractivity contribution in [3.05, 3.63) is 89.1 Å². The van der Waals surface area contributed by atoms with E-state index in [1.807, 2.05) is 48.6 Å². The van der Waals surface area contributed by atoms with E-state index >= 15 is 0 Å². The van der Waals surface area contributed by atoms with Gasteiger partial charge in [-0.15, -0.1) is 0 Å². The molecule has 0 aliphatic heterocycles. The average molecular weight is 347 g/mol. The molecule has 1 aromatic rings. The lowest BCUT2D eigenvalue weighted by molar-refractivity contribution is -0.114. The molecular weight excluding hydrogens is 316 g/mol. The predicted molar refractivity (Wildman–Crippen MR) is 113 cm³/mol. The highest BCUT2D eigenvalue weighted by Crippen LogP contribution is 2.38. The lowest BCUT2D eigenvalue weighted by atomic mass is 9.72. The van der Waals surface area contributed by atoms with Crippen LogP contribution in [0.1, 0.15) is 47.1 Å². The smallest absolute Gasteiger partial charge is 0.186 e. The van der Waals surface area contributed by atoms with E-state index < -0.39 is 0 Å². The van der Waals surface area contributed by atoms with Gasteiger partial charge in [0.1, 0.15) is 0 Å². The van der Waals surface area contributed by atoms with Crippen molar-refractivity contribution >= 4 is 11.9 Å². The van der Waals surface area contributed by atoms with Gasteiger partial charge in [-0.2, -0.15) is 0 Å². The molecule has 26 heavy (non-hydrogen) atoms. The fourth-order valence-electron chi connectivity index (χ4n) is 2.82. The predicted octanol–water partition coefficient (Wildman–Crippen LogP) is 6.71. The van der Waals surface area contributed by atoms with Crippen LogP contribution in [0.4, 0.5) is 0 Å². The second kappa shape index (κ2) is 7.86. The molecule has 0 aromatic heterocycles. The van der Waals surface area contributed by atoms with Crippen molar-refractivity contribution in [3.63, 3.8) is 0 Å². The van der Waals surface area contributed by atoms with E-state index in [-0.39, 0.29) is 16.6 Å². The van der Waals surface area contributed by atoms with E-state index in [4.69, 9.17) is 0 Å². The first-order valence-electron chi connectivity index (χ1n) is 9.18. The van der Waals surface area contributed by atoms with Crippen LogP contribution in [0.2, 0.25) is 0 Å². The lowest BCUT2D eigenvalue weighted by Crippen LogP contribution is -2.27. The highest BCUT2D eigenvalue weighted by atomic mass is 16.1. The van der Waals surface area contributed by atoms with Gasteiger partial charge in [0, 0.05) is 11.1 Å². The van der Waals surface area contributed by atoms with Gasteiger partial charge < -0.3 is 0 Å². The second-order valence-corrected chi connectivity index (χ2v) is 8.77. The second-order valence-electron chi connectivity index (χ2n) is 8.77. The zero-order valence-electron chi connectivity index (χ0n) is 16.8. The summed E-state index contributed by atoms with van der Waals surface area (Å²) in [6, 6.07) is 10.2. The number of benzene rings is 1. The van der Waals surface area contributed by atoms with Gasteiger partial charge in [-0.3, -0.25) is 4.79 Å². The summed E-state index contributed by atoms with van der Waals surface area (Å²) >= 11 is 0. The van der Waals surface area contributed by atoms with Crippen molar-refractivity contribution in [1.29, 1.82) is 0 Å². The first-order chi connectivity index (χ1) is 12.1. The number of allylic oxidation sites excluding steroid dienone is 9. The summed E-state index contributed by atoms with van der Waals surface area (Å²) in [4.78, 5) is 12.9. The number of Topliss-reactive ketones (excluding diaryl/α,β-unsaturated/α-hetero) is 1. The quantitative estimate of drug-likeness (QED) is 0.556. The molecule has 0 spiro atoms. The highest BCUT2D eigenvalue weighted by Gasteiger charge is 2.33. The Kier molecular flexibility index (Phi) is 6.02. The number of carbonyl (C=O) groups is 1. The van der Waals surface area contributed by atoms with Crippen LogP contribution < -0.4 is 0 Å². The summed E-state index contributed by atoms with van der Waals surface area (Å²) in [7, 11) is 0. The van der Waals surface area contributed by atoms with E-state index in [1.165, 1.54) is 5.56 Å². The maximum absolute atomic E-state index is 12.9. The zero-order valence-corrected chi connectivity index (χ0v) is 16.8. The third-order valence-corrected chi connectivity index (χ3v) is 4.33. The molecule has 1 aliphatic rings. The molecule has 0 bridgehead atoms. The van der Waals surface area contributed by atoms with Crippen molar-refractivity contribution in [2.24, 2.45) is 10.8 Å². The van der Waals surface area contributed by atoms with Crippen molar-refractivity contribution in [2.75, 3.05) is 0 Å². The molecule has 0 unspecified atom stereocenters. The molecule has 136 valence electrons. The van der Waals surface area contributed by atoms with Crippen LogP contribution in [-0.4, -0.2) is 5.78 Å². The van der Waals surface area contributed by atoms with Crippen molar-refractivity contribution in [1.82, 2.24) is 0 Å². The molecule has 0 amide bonds. The third kappa shape index (κ3) is 5.29. The van der Waals surface area contributed by atoms with Gasteiger partial charge >= 0.3 is 0 Å². The van der Waals surface area contributed by atoms with E-state index in [1.54, 1.807) is 0 Å². The van der Waals surface area contributed by atoms with Crippen LogP contribution in [0, 0.1) is 10.8 Å². The summed E-state index contributed by atoms with van der Waals surface area (Å²) in [5.74, 6) is 0.176. The molecule has 1 aliphatic carbocycles. The van der Waals surface area contributed by atoms with Crippen LogP contribution in [0.5, 0.6) is 0 Å². The van der Waals surface area contributed by atoms with Crippen molar-refractivity contribution in [2.45, 2.75) is 41.5 Å². The minimum atomic E-state index is -0.169. The summed E-state index contributed by atoms with van der Waals surface area (Å²) in [5.41, 5.74) is 3.67. The molecule has 0 N–H and O–H groups in total. The Morgan fingerprint density at radius 3 is 1.77 bits per heavy atom. The Bertz CT molecular complexity index is 762. The minimum absolute atomic E-state index is 0.169. The van der Waals surface area contributed by atoms with Crippen LogP contribution in [0.15, 0.2) is 83.5 Å². The average Bonchev–Trinajstić information content (AvgIpc) is 2.54. The molecule has 1 heteroatoms. The number of ketones is 1. The highest BCUT2D eigenvalue weighted by molar-refractivity contribution is 6.11. The van der Waals surface area contributed by atoms with E-state index in [2.05, 4.69) is 65.8 Å². The number of carbonyl (C=O) groups excluding carboxylic acids is 1. The standard InChI is InChI=1S/C25H30O/c1-24(2,3)21-17-20(18-22(23(21)26)25(4,5)6)16-12-8-11-15-19-13-9-7-10-14-19/h7-18H,1-6H3/b12-8+,15-11+. The van der Waals surface area contributed by atoms with Crippen LogP contribution in [0.25, 0.3) is 6.08 Å². The van der Waals surface area contributed by atoms with Gasteiger partial charge in [-0.05, 0) is 34.1 Å². The zero-order chi connectivity index (χ0) is 19.4. The van der Waals surface area contributed by atoms with Crippen molar-refractivity contribution in [3.8, 4) is 0 Å². The molecule has 0 heterocycles. The van der Waals surface area contributed by atoms with Gasteiger partial charge in [0.25, 0.3) is 0 Å². The lowest BCUT2D eigenvalue weighted by Gasteiger charge is -2.31. The fourth-order valence-corrected chi connectivity index (χ4v) is 2.82. The number of hydrogen-bond donors (Lipinski definition) is 0. The number of hydrogen-bond acceptors (Lipinski definition) is 1. The van der Waals surface area contributed by atoms with E-state index in [9.17, 15) is 4.79 Å². The van der Waals surface area contributed by atoms with E-state index in [0.717, 1.165) is 16.7 Å². The van der Waals surface area contributed by atoms with Gasteiger partial charge in [0.05, 0.1) is 0 Å². The Balaban J connectivity index is 2.27. The summed E-state index contributed by atoms with van der Waals surface area (Å²) < 4.78 is 0. The summed E-state index contributed by atoms with van der Waals surface area (Å²) in [6.45, 7) is 12.6.